The molecule has 0 saturated heterocycles. The van der Waals surface area contributed by atoms with Gasteiger partial charge in [0, 0.05) is 24.2 Å². The molecule has 146 valence electrons. The number of anilines is 1. The van der Waals surface area contributed by atoms with Gasteiger partial charge in [0.05, 0.1) is 10.7 Å². The van der Waals surface area contributed by atoms with Crippen molar-refractivity contribution in [3.63, 3.8) is 0 Å². The first-order valence-corrected chi connectivity index (χ1v) is 8.62. The van der Waals surface area contributed by atoms with E-state index in [2.05, 4.69) is 20.0 Å². The van der Waals surface area contributed by atoms with Gasteiger partial charge in [-0.3, -0.25) is 0 Å². The molecule has 0 saturated carbocycles. The minimum absolute atomic E-state index is 0.172. The normalized spacial score (nSPS) is 12.5. The maximum Gasteiger partial charge on any atom is 0.573 e. The number of rotatable bonds is 6. The molecule has 0 bridgehead atoms. The summed E-state index contributed by atoms with van der Waals surface area (Å²) in [5.74, 6) is 0.0577. The molecule has 0 radical (unpaired) electrons. The fourth-order valence-corrected chi connectivity index (χ4v) is 2.73. The predicted octanol–water partition coefficient (Wildman–Crippen LogP) is 4.81. The number of alkyl halides is 3. The lowest BCUT2D eigenvalue weighted by Crippen LogP contribution is -2.20. The van der Waals surface area contributed by atoms with Crippen LogP contribution in [-0.2, 0) is 0 Å². The third-order valence-corrected chi connectivity index (χ3v) is 4.15. The number of nitrogens with two attached hydrogens (primary N) is 1. The number of nitrogens with one attached hydrogen (secondary N) is 1. The molecule has 1 heterocycles. The zero-order valence-electron chi connectivity index (χ0n) is 14.4. The zero-order valence-corrected chi connectivity index (χ0v) is 15.2. The van der Waals surface area contributed by atoms with E-state index in [0.29, 0.717) is 23.6 Å². The van der Waals surface area contributed by atoms with Crippen LogP contribution in [0.3, 0.4) is 0 Å². The van der Waals surface area contributed by atoms with Crippen LogP contribution in [0.2, 0.25) is 5.02 Å². The molecular weight excluding hydrogens is 393 g/mol. The number of aromatic nitrogens is 2. The minimum atomic E-state index is -4.81. The highest BCUT2D eigenvalue weighted by molar-refractivity contribution is 6.32. The Balaban J connectivity index is 1.72. The molecule has 0 fully saturated rings. The first-order valence-electron chi connectivity index (χ1n) is 8.24. The topological polar surface area (TPSA) is 73.1 Å². The molecule has 2 aromatic carbocycles. The molecule has 0 aliphatic heterocycles. The lowest BCUT2D eigenvalue weighted by molar-refractivity contribution is -0.274. The van der Waals surface area contributed by atoms with Gasteiger partial charge in [-0.25, -0.2) is 9.97 Å². The second-order valence-corrected chi connectivity index (χ2v) is 6.29. The number of nitrogens with zero attached hydrogens (tertiary/aromatic N) is 2. The molecule has 0 amide bonds. The highest BCUT2D eigenvalue weighted by Crippen LogP contribution is 2.33. The van der Waals surface area contributed by atoms with Crippen LogP contribution in [0.15, 0.2) is 60.9 Å². The highest BCUT2D eigenvalue weighted by atomic mass is 35.5. The van der Waals surface area contributed by atoms with E-state index in [0.717, 1.165) is 11.6 Å². The number of benzene rings is 2. The monoisotopic (exact) mass is 408 g/mol. The molecule has 0 spiro atoms. The van der Waals surface area contributed by atoms with E-state index >= 15 is 0 Å². The maximum atomic E-state index is 12.4. The van der Waals surface area contributed by atoms with Crippen LogP contribution in [-0.4, -0.2) is 22.9 Å². The van der Waals surface area contributed by atoms with Crippen LogP contribution >= 0.6 is 11.6 Å². The van der Waals surface area contributed by atoms with Gasteiger partial charge in [-0.1, -0.05) is 41.9 Å². The Labute approximate surface area is 164 Å². The van der Waals surface area contributed by atoms with Gasteiger partial charge in [-0.15, -0.1) is 13.2 Å². The van der Waals surface area contributed by atoms with E-state index in [4.69, 9.17) is 17.3 Å². The standard InChI is InChI=1S/C19H16ClF3N4O/c20-14-8-13(6-7-17(14)28-19(21,22)23)16-9-18(27-11-26-16)25-10-15(24)12-4-2-1-3-5-12/h1-9,11,15H,10,24H2,(H,25,26,27)/t15-/m0/s1. The van der Waals surface area contributed by atoms with Crippen molar-refractivity contribution in [3.8, 4) is 17.0 Å². The average Bonchev–Trinajstić information content (AvgIpc) is 2.67. The van der Waals surface area contributed by atoms with E-state index in [-0.39, 0.29) is 11.1 Å². The lowest BCUT2D eigenvalue weighted by Gasteiger charge is -2.14. The van der Waals surface area contributed by atoms with Crippen LogP contribution < -0.4 is 15.8 Å². The van der Waals surface area contributed by atoms with Gasteiger partial charge in [0.15, 0.2) is 0 Å². The van der Waals surface area contributed by atoms with Crippen LogP contribution in [0.25, 0.3) is 11.3 Å². The molecule has 28 heavy (non-hydrogen) atoms. The largest absolute Gasteiger partial charge is 0.573 e. The second kappa shape index (κ2) is 8.45. The van der Waals surface area contributed by atoms with Gasteiger partial charge in [0.2, 0.25) is 0 Å². The van der Waals surface area contributed by atoms with Gasteiger partial charge in [0.25, 0.3) is 0 Å². The summed E-state index contributed by atoms with van der Waals surface area (Å²) in [4.78, 5) is 8.27. The summed E-state index contributed by atoms with van der Waals surface area (Å²) in [5.41, 5.74) is 8.15. The molecule has 3 N–H and O–H groups in total. The summed E-state index contributed by atoms with van der Waals surface area (Å²) in [6.45, 7) is 0.444. The number of halogens is 4. The van der Waals surface area contributed by atoms with Crippen molar-refractivity contribution in [2.24, 2.45) is 5.73 Å². The van der Waals surface area contributed by atoms with Crippen LogP contribution in [0.5, 0.6) is 5.75 Å². The van der Waals surface area contributed by atoms with Gasteiger partial charge in [0.1, 0.15) is 17.9 Å². The molecule has 0 aliphatic rings. The molecule has 5 nitrogen and oxygen atoms in total. The van der Waals surface area contributed by atoms with Crippen molar-refractivity contribution in [3.05, 3.63) is 71.5 Å². The average molecular weight is 409 g/mol. The summed E-state index contributed by atoms with van der Waals surface area (Å²) in [6.07, 6.45) is -3.46. The molecular formula is C19H16ClF3N4O. The zero-order chi connectivity index (χ0) is 20.1. The maximum absolute atomic E-state index is 12.4. The first-order chi connectivity index (χ1) is 13.3. The third kappa shape index (κ3) is 5.34. The Morgan fingerprint density at radius 3 is 2.50 bits per heavy atom. The highest BCUT2D eigenvalue weighted by Gasteiger charge is 2.32. The van der Waals surface area contributed by atoms with Gasteiger partial charge >= 0.3 is 6.36 Å². The van der Waals surface area contributed by atoms with E-state index in [9.17, 15) is 13.2 Å². The van der Waals surface area contributed by atoms with Crippen molar-refractivity contribution in [1.82, 2.24) is 9.97 Å². The number of ether oxygens (including phenoxy) is 1. The molecule has 3 aromatic rings. The van der Waals surface area contributed by atoms with Crippen LogP contribution in [0.1, 0.15) is 11.6 Å². The number of hydrogen-bond donors (Lipinski definition) is 2. The Morgan fingerprint density at radius 2 is 1.82 bits per heavy atom. The molecule has 9 heteroatoms. The smallest absolute Gasteiger partial charge is 0.404 e. The molecule has 1 aromatic heterocycles. The third-order valence-electron chi connectivity index (χ3n) is 3.85. The first kappa shape index (κ1) is 19.9. The predicted molar refractivity (Wildman–Crippen MR) is 101 cm³/mol. The van der Waals surface area contributed by atoms with Gasteiger partial charge in [-0.2, -0.15) is 0 Å². The van der Waals surface area contributed by atoms with E-state index in [1.807, 2.05) is 30.3 Å². The Morgan fingerprint density at radius 1 is 1.07 bits per heavy atom. The van der Waals surface area contributed by atoms with Crippen LogP contribution in [0, 0.1) is 0 Å². The quantitative estimate of drug-likeness (QED) is 0.612. The molecule has 1 atom stereocenters. The summed E-state index contributed by atoms with van der Waals surface area (Å²) in [7, 11) is 0. The Kier molecular flexibility index (Phi) is 6.01. The van der Waals surface area contributed by atoms with Crippen molar-refractivity contribution < 1.29 is 17.9 Å². The minimum Gasteiger partial charge on any atom is -0.404 e. The van der Waals surface area contributed by atoms with Gasteiger partial charge < -0.3 is 15.8 Å². The fourth-order valence-electron chi connectivity index (χ4n) is 2.51. The second-order valence-electron chi connectivity index (χ2n) is 5.88. The Hall–Kier alpha value is -2.84. The summed E-state index contributed by atoms with van der Waals surface area (Å²) < 4.78 is 40.9. The van der Waals surface area contributed by atoms with E-state index < -0.39 is 12.1 Å². The summed E-state index contributed by atoms with van der Waals surface area (Å²) in [6, 6.07) is 15.0. The van der Waals surface area contributed by atoms with Gasteiger partial charge in [-0.05, 0) is 23.8 Å². The number of hydrogen-bond acceptors (Lipinski definition) is 5. The van der Waals surface area contributed by atoms with Crippen molar-refractivity contribution in [2.45, 2.75) is 12.4 Å². The molecule has 0 unspecified atom stereocenters. The van der Waals surface area contributed by atoms with Crippen molar-refractivity contribution in [2.75, 3.05) is 11.9 Å². The van der Waals surface area contributed by atoms with Crippen LogP contribution in [0.4, 0.5) is 19.0 Å². The SMILES string of the molecule is N[C@@H](CNc1cc(-c2ccc(OC(F)(F)F)c(Cl)c2)ncn1)c1ccccc1. The molecule has 0 aliphatic carbocycles. The summed E-state index contributed by atoms with van der Waals surface area (Å²) >= 11 is 5.90. The van der Waals surface area contributed by atoms with Crippen molar-refractivity contribution in [1.29, 1.82) is 0 Å². The van der Waals surface area contributed by atoms with Crippen molar-refractivity contribution >= 4 is 17.4 Å². The Bertz CT molecular complexity index is 938. The summed E-state index contributed by atoms with van der Waals surface area (Å²) in [5, 5.41) is 2.96. The lowest BCUT2D eigenvalue weighted by atomic mass is 10.1. The van der Waals surface area contributed by atoms with E-state index in [1.54, 1.807) is 6.07 Å². The van der Waals surface area contributed by atoms with E-state index in [1.165, 1.54) is 18.5 Å². The molecule has 3 rings (SSSR count). The fraction of sp³-hybridized carbons (Fsp3) is 0.158.